The summed E-state index contributed by atoms with van der Waals surface area (Å²) in [5.74, 6) is -1.44. The predicted octanol–water partition coefficient (Wildman–Crippen LogP) is 3.21. The molecule has 0 spiro atoms. The largest absolute Gasteiger partial charge is 0.369 e. The number of benzene rings is 2. The lowest BCUT2D eigenvalue weighted by Gasteiger charge is -2.36. The molecule has 1 unspecified atom stereocenters. The van der Waals surface area contributed by atoms with Gasteiger partial charge in [0.25, 0.3) is 5.91 Å². The maximum Gasteiger partial charge on any atom is 0.254 e. The van der Waals surface area contributed by atoms with Gasteiger partial charge in [-0.1, -0.05) is 12.1 Å². The summed E-state index contributed by atoms with van der Waals surface area (Å²) in [6.45, 7) is 5.30. The number of anilines is 1. The molecule has 0 bridgehead atoms. The van der Waals surface area contributed by atoms with Crippen LogP contribution in [0.2, 0.25) is 0 Å². The SMILES string of the molecule is CC(NC(=O)c1ccccc1F)c1cc(F)ccc1N1CCN(C)CC1. The fraction of sp³-hybridized carbons (Fsp3) is 0.350. The number of nitrogens with zero attached hydrogens (tertiary/aromatic N) is 2. The van der Waals surface area contributed by atoms with E-state index in [4.69, 9.17) is 0 Å². The number of carbonyl (C=O) groups excluding carboxylic acids is 1. The number of piperazine rings is 1. The Balaban J connectivity index is 1.82. The van der Waals surface area contributed by atoms with Gasteiger partial charge in [0.2, 0.25) is 0 Å². The van der Waals surface area contributed by atoms with Crippen LogP contribution in [0, 0.1) is 11.6 Å². The molecule has 138 valence electrons. The fourth-order valence-corrected chi connectivity index (χ4v) is 3.21. The van der Waals surface area contributed by atoms with E-state index in [0.717, 1.165) is 31.9 Å². The molecule has 6 heteroatoms. The van der Waals surface area contributed by atoms with Crippen LogP contribution in [0.25, 0.3) is 0 Å². The van der Waals surface area contributed by atoms with Crippen molar-refractivity contribution in [2.75, 3.05) is 38.1 Å². The number of carbonyl (C=O) groups is 1. The number of halogens is 2. The zero-order valence-corrected chi connectivity index (χ0v) is 15.0. The number of hydrogen-bond donors (Lipinski definition) is 1. The van der Waals surface area contributed by atoms with E-state index in [1.807, 2.05) is 0 Å². The van der Waals surface area contributed by atoms with Crippen molar-refractivity contribution in [2.45, 2.75) is 13.0 Å². The molecule has 2 aromatic rings. The maximum absolute atomic E-state index is 13.9. The second-order valence-corrected chi connectivity index (χ2v) is 6.67. The number of rotatable bonds is 4. The van der Waals surface area contributed by atoms with Crippen LogP contribution >= 0.6 is 0 Å². The highest BCUT2D eigenvalue weighted by molar-refractivity contribution is 5.94. The standard InChI is InChI=1S/C20H23F2N3O/c1-14(23-20(26)16-5-3-4-6-18(16)22)17-13-15(21)7-8-19(17)25-11-9-24(2)10-12-25/h3-8,13-14H,9-12H2,1-2H3,(H,23,26). The van der Waals surface area contributed by atoms with Crippen LogP contribution in [0.15, 0.2) is 42.5 Å². The van der Waals surface area contributed by atoms with E-state index in [1.54, 1.807) is 19.1 Å². The minimum Gasteiger partial charge on any atom is -0.369 e. The van der Waals surface area contributed by atoms with Crippen molar-refractivity contribution >= 4 is 11.6 Å². The summed E-state index contributed by atoms with van der Waals surface area (Å²) < 4.78 is 27.7. The van der Waals surface area contributed by atoms with E-state index < -0.39 is 17.8 Å². The Hall–Kier alpha value is -2.47. The highest BCUT2D eigenvalue weighted by Crippen LogP contribution is 2.28. The Bertz CT molecular complexity index is 788. The lowest BCUT2D eigenvalue weighted by atomic mass is 10.0. The average molecular weight is 359 g/mol. The van der Waals surface area contributed by atoms with Crippen molar-refractivity contribution in [3.8, 4) is 0 Å². The molecule has 2 aromatic carbocycles. The first-order valence-corrected chi connectivity index (χ1v) is 8.74. The van der Waals surface area contributed by atoms with Crippen LogP contribution in [0.5, 0.6) is 0 Å². The molecule has 1 aliphatic heterocycles. The first-order valence-electron chi connectivity index (χ1n) is 8.74. The molecule has 1 atom stereocenters. The monoisotopic (exact) mass is 359 g/mol. The van der Waals surface area contributed by atoms with Gasteiger partial charge >= 0.3 is 0 Å². The van der Waals surface area contributed by atoms with Crippen molar-refractivity contribution in [2.24, 2.45) is 0 Å². The molecule has 1 amide bonds. The summed E-state index contributed by atoms with van der Waals surface area (Å²) in [4.78, 5) is 16.8. The molecule has 1 aliphatic rings. The molecular weight excluding hydrogens is 336 g/mol. The van der Waals surface area contributed by atoms with E-state index in [0.29, 0.717) is 5.56 Å². The predicted molar refractivity (Wildman–Crippen MR) is 98.4 cm³/mol. The van der Waals surface area contributed by atoms with Crippen LogP contribution in [0.1, 0.15) is 28.9 Å². The average Bonchev–Trinajstić information content (AvgIpc) is 2.62. The summed E-state index contributed by atoms with van der Waals surface area (Å²) in [6.07, 6.45) is 0. The first-order chi connectivity index (χ1) is 12.5. The normalized spacial score (nSPS) is 16.4. The number of hydrogen-bond acceptors (Lipinski definition) is 3. The maximum atomic E-state index is 13.9. The number of nitrogens with one attached hydrogen (secondary N) is 1. The van der Waals surface area contributed by atoms with Gasteiger partial charge in [-0.2, -0.15) is 0 Å². The van der Waals surface area contributed by atoms with Gasteiger partial charge in [0, 0.05) is 37.4 Å². The highest BCUT2D eigenvalue weighted by atomic mass is 19.1. The summed E-state index contributed by atoms with van der Waals surface area (Å²) in [7, 11) is 2.07. The molecule has 1 N–H and O–H groups in total. The molecule has 1 heterocycles. The van der Waals surface area contributed by atoms with Crippen molar-refractivity contribution < 1.29 is 13.6 Å². The van der Waals surface area contributed by atoms with Gasteiger partial charge in [-0.25, -0.2) is 8.78 Å². The number of amides is 1. The van der Waals surface area contributed by atoms with Gasteiger partial charge in [-0.15, -0.1) is 0 Å². The molecule has 1 fully saturated rings. The highest BCUT2D eigenvalue weighted by Gasteiger charge is 2.22. The smallest absolute Gasteiger partial charge is 0.254 e. The second kappa shape index (κ2) is 7.83. The van der Waals surface area contributed by atoms with E-state index >= 15 is 0 Å². The fourth-order valence-electron chi connectivity index (χ4n) is 3.21. The third kappa shape index (κ3) is 4.02. The van der Waals surface area contributed by atoms with Crippen LogP contribution in [-0.2, 0) is 0 Å². The van der Waals surface area contributed by atoms with Crippen LogP contribution in [0.4, 0.5) is 14.5 Å². The Morgan fingerprint density at radius 3 is 2.46 bits per heavy atom. The third-order valence-corrected chi connectivity index (χ3v) is 4.77. The molecule has 0 radical (unpaired) electrons. The summed E-state index contributed by atoms with van der Waals surface area (Å²) in [5, 5.41) is 2.79. The van der Waals surface area contributed by atoms with Gasteiger partial charge in [-0.3, -0.25) is 4.79 Å². The topological polar surface area (TPSA) is 35.6 Å². The van der Waals surface area contributed by atoms with Gasteiger partial charge in [0.15, 0.2) is 0 Å². The third-order valence-electron chi connectivity index (χ3n) is 4.77. The van der Waals surface area contributed by atoms with Gasteiger partial charge in [0.1, 0.15) is 11.6 Å². The second-order valence-electron chi connectivity index (χ2n) is 6.67. The minimum absolute atomic E-state index is 0.0168. The quantitative estimate of drug-likeness (QED) is 0.911. The minimum atomic E-state index is -0.573. The summed E-state index contributed by atoms with van der Waals surface area (Å²) in [6, 6.07) is 10.0. The Morgan fingerprint density at radius 2 is 1.77 bits per heavy atom. The van der Waals surface area contributed by atoms with Crippen LogP contribution < -0.4 is 10.2 Å². The Morgan fingerprint density at radius 1 is 1.08 bits per heavy atom. The lowest BCUT2D eigenvalue weighted by molar-refractivity contribution is 0.0936. The van der Waals surface area contributed by atoms with Crippen molar-refractivity contribution in [1.29, 1.82) is 0 Å². The number of likely N-dealkylation sites (N-methyl/N-ethyl adjacent to an activating group) is 1. The van der Waals surface area contributed by atoms with Crippen LogP contribution in [-0.4, -0.2) is 44.0 Å². The molecule has 0 saturated carbocycles. The van der Waals surface area contributed by atoms with E-state index in [9.17, 15) is 13.6 Å². The molecular formula is C20H23F2N3O. The van der Waals surface area contributed by atoms with E-state index in [1.165, 1.54) is 30.3 Å². The molecule has 3 rings (SSSR count). The molecule has 1 saturated heterocycles. The zero-order chi connectivity index (χ0) is 18.7. The molecule has 4 nitrogen and oxygen atoms in total. The van der Waals surface area contributed by atoms with Crippen molar-refractivity contribution in [1.82, 2.24) is 10.2 Å². The Kier molecular flexibility index (Phi) is 5.52. The van der Waals surface area contributed by atoms with Gasteiger partial charge < -0.3 is 15.1 Å². The lowest BCUT2D eigenvalue weighted by Crippen LogP contribution is -2.45. The van der Waals surface area contributed by atoms with Crippen molar-refractivity contribution in [3.63, 3.8) is 0 Å². The molecule has 26 heavy (non-hydrogen) atoms. The van der Waals surface area contributed by atoms with E-state index in [2.05, 4.69) is 22.2 Å². The first kappa shape index (κ1) is 18.3. The van der Waals surface area contributed by atoms with Crippen molar-refractivity contribution in [3.05, 3.63) is 65.2 Å². The zero-order valence-electron chi connectivity index (χ0n) is 15.0. The van der Waals surface area contributed by atoms with Gasteiger partial charge in [0.05, 0.1) is 11.6 Å². The van der Waals surface area contributed by atoms with Gasteiger partial charge in [-0.05, 0) is 44.3 Å². The molecule has 0 aliphatic carbocycles. The Labute approximate surface area is 152 Å². The van der Waals surface area contributed by atoms with Crippen LogP contribution in [0.3, 0.4) is 0 Å². The van der Waals surface area contributed by atoms with E-state index in [-0.39, 0.29) is 11.4 Å². The summed E-state index contributed by atoms with van der Waals surface area (Å²) >= 11 is 0. The molecule has 0 aromatic heterocycles. The summed E-state index contributed by atoms with van der Waals surface area (Å²) in [5.41, 5.74) is 1.58.